The normalized spacial score (nSPS) is 10.3. The van der Waals surface area contributed by atoms with E-state index < -0.39 is 0 Å². The summed E-state index contributed by atoms with van der Waals surface area (Å²) in [6.07, 6.45) is 1.84. The fourth-order valence-corrected chi connectivity index (χ4v) is 2.24. The van der Waals surface area contributed by atoms with Crippen LogP contribution in [0.2, 0.25) is 0 Å². The van der Waals surface area contributed by atoms with E-state index in [-0.39, 0.29) is 0 Å². The van der Waals surface area contributed by atoms with Crippen molar-refractivity contribution >= 4 is 15.9 Å². The van der Waals surface area contributed by atoms with Crippen LogP contribution in [0.3, 0.4) is 0 Å². The summed E-state index contributed by atoms with van der Waals surface area (Å²) in [4.78, 5) is 8.72. The van der Waals surface area contributed by atoms with Crippen molar-refractivity contribution in [3.63, 3.8) is 0 Å². The first kappa shape index (κ1) is 13.8. The molecule has 0 aliphatic carbocycles. The van der Waals surface area contributed by atoms with Crippen LogP contribution in [-0.4, -0.2) is 24.2 Å². The smallest absolute Gasteiger partial charge is 0.161 e. The molecule has 4 nitrogen and oxygen atoms in total. The van der Waals surface area contributed by atoms with Crippen LogP contribution >= 0.6 is 15.9 Å². The zero-order valence-electron chi connectivity index (χ0n) is 11.1. The molecule has 2 rings (SSSR count). The molecule has 0 bridgehead atoms. The van der Waals surface area contributed by atoms with Crippen molar-refractivity contribution in [2.45, 2.75) is 12.3 Å². The van der Waals surface area contributed by atoms with Crippen LogP contribution in [0.1, 0.15) is 11.4 Å². The number of nitrogens with zero attached hydrogens (tertiary/aromatic N) is 2. The molecule has 19 heavy (non-hydrogen) atoms. The predicted octanol–water partition coefficient (Wildman–Crippen LogP) is 3.36. The SMILES string of the molecule is COc1ccc(-c2nc(C)ncc2CBr)cc1OC. The van der Waals surface area contributed by atoms with Gasteiger partial charge in [0.05, 0.1) is 19.9 Å². The molecule has 1 aromatic heterocycles. The van der Waals surface area contributed by atoms with Crippen LogP contribution in [0.25, 0.3) is 11.3 Å². The lowest BCUT2D eigenvalue weighted by atomic mass is 10.1. The molecule has 0 aliphatic rings. The molecule has 0 N–H and O–H groups in total. The van der Waals surface area contributed by atoms with Crippen LogP contribution in [0.4, 0.5) is 0 Å². The van der Waals surface area contributed by atoms with Gasteiger partial charge in [-0.2, -0.15) is 0 Å². The molecular weight excluding hydrogens is 308 g/mol. The Kier molecular flexibility index (Phi) is 4.37. The average Bonchev–Trinajstić information content (AvgIpc) is 2.46. The highest BCUT2D eigenvalue weighted by atomic mass is 79.9. The zero-order valence-corrected chi connectivity index (χ0v) is 12.7. The zero-order chi connectivity index (χ0) is 13.8. The van der Waals surface area contributed by atoms with E-state index in [9.17, 15) is 0 Å². The number of alkyl halides is 1. The molecule has 100 valence electrons. The van der Waals surface area contributed by atoms with Crippen molar-refractivity contribution in [2.75, 3.05) is 14.2 Å². The van der Waals surface area contributed by atoms with Gasteiger partial charge in [0, 0.05) is 22.7 Å². The minimum absolute atomic E-state index is 0.691. The van der Waals surface area contributed by atoms with Crippen molar-refractivity contribution < 1.29 is 9.47 Å². The number of hydrogen-bond acceptors (Lipinski definition) is 4. The maximum Gasteiger partial charge on any atom is 0.161 e. The Hall–Kier alpha value is -1.62. The van der Waals surface area contributed by atoms with E-state index in [1.807, 2.05) is 31.3 Å². The Balaban J connectivity index is 2.55. The van der Waals surface area contributed by atoms with Crippen LogP contribution in [0.5, 0.6) is 11.5 Å². The summed E-state index contributed by atoms with van der Waals surface area (Å²) in [5.41, 5.74) is 2.93. The van der Waals surface area contributed by atoms with E-state index in [4.69, 9.17) is 9.47 Å². The molecule has 0 radical (unpaired) electrons. The summed E-state index contributed by atoms with van der Waals surface area (Å²) in [6, 6.07) is 5.77. The molecule has 0 aliphatic heterocycles. The Labute approximate surface area is 120 Å². The Morgan fingerprint density at radius 3 is 2.53 bits per heavy atom. The molecule has 0 unspecified atom stereocenters. The van der Waals surface area contributed by atoms with Gasteiger partial charge in [-0.1, -0.05) is 15.9 Å². The molecule has 0 spiro atoms. The van der Waals surface area contributed by atoms with Crippen LogP contribution < -0.4 is 9.47 Å². The van der Waals surface area contributed by atoms with Crippen LogP contribution in [-0.2, 0) is 5.33 Å². The third-order valence-corrected chi connectivity index (χ3v) is 3.39. The predicted molar refractivity (Wildman–Crippen MR) is 77.9 cm³/mol. The topological polar surface area (TPSA) is 44.2 Å². The number of rotatable bonds is 4. The lowest BCUT2D eigenvalue weighted by molar-refractivity contribution is 0.355. The van der Waals surface area contributed by atoms with Gasteiger partial charge in [0.1, 0.15) is 5.82 Å². The first-order valence-electron chi connectivity index (χ1n) is 5.80. The minimum Gasteiger partial charge on any atom is -0.493 e. The lowest BCUT2D eigenvalue weighted by Crippen LogP contribution is -1.97. The molecule has 0 saturated heterocycles. The van der Waals surface area contributed by atoms with Gasteiger partial charge >= 0.3 is 0 Å². The molecular formula is C14H15BrN2O2. The number of ether oxygens (including phenoxy) is 2. The molecule has 2 aromatic rings. The van der Waals surface area contributed by atoms with Crippen molar-refractivity contribution in [3.05, 3.63) is 35.8 Å². The number of methoxy groups -OCH3 is 2. The summed E-state index contributed by atoms with van der Waals surface area (Å²) in [6.45, 7) is 1.88. The van der Waals surface area contributed by atoms with Gasteiger partial charge in [0.2, 0.25) is 0 Å². The van der Waals surface area contributed by atoms with E-state index >= 15 is 0 Å². The van der Waals surface area contributed by atoms with Gasteiger partial charge < -0.3 is 9.47 Å². The summed E-state index contributed by atoms with van der Waals surface area (Å²) < 4.78 is 10.6. The summed E-state index contributed by atoms with van der Waals surface area (Å²) in [5, 5.41) is 0.705. The number of aromatic nitrogens is 2. The minimum atomic E-state index is 0.691. The largest absolute Gasteiger partial charge is 0.493 e. The van der Waals surface area contributed by atoms with Gasteiger partial charge in [0.25, 0.3) is 0 Å². The molecule has 1 aromatic carbocycles. The highest BCUT2D eigenvalue weighted by Crippen LogP contribution is 2.33. The summed E-state index contributed by atoms with van der Waals surface area (Å²) in [7, 11) is 3.24. The number of halogens is 1. The van der Waals surface area contributed by atoms with Crippen LogP contribution in [0, 0.1) is 6.92 Å². The van der Waals surface area contributed by atoms with Gasteiger partial charge in [-0.05, 0) is 25.1 Å². The van der Waals surface area contributed by atoms with Crippen molar-refractivity contribution in [3.8, 4) is 22.8 Å². The summed E-state index contributed by atoms with van der Waals surface area (Å²) in [5.74, 6) is 2.14. The van der Waals surface area contributed by atoms with E-state index in [1.54, 1.807) is 14.2 Å². The maximum absolute atomic E-state index is 5.32. The molecule has 1 heterocycles. The number of hydrogen-bond donors (Lipinski definition) is 0. The van der Waals surface area contributed by atoms with E-state index in [0.717, 1.165) is 22.6 Å². The van der Waals surface area contributed by atoms with Gasteiger partial charge in [-0.25, -0.2) is 9.97 Å². The van der Waals surface area contributed by atoms with Crippen molar-refractivity contribution in [1.29, 1.82) is 0 Å². The first-order valence-corrected chi connectivity index (χ1v) is 6.92. The highest BCUT2D eigenvalue weighted by molar-refractivity contribution is 9.08. The maximum atomic E-state index is 5.32. The van der Waals surface area contributed by atoms with E-state index in [1.165, 1.54) is 0 Å². The Morgan fingerprint density at radius 2 is 1.89 bits per heavy atom. The highest BCUT2D eigenvalue weighted by Gasteiger charge is 2.11. The third kappa shape index (κ3) is 2.87. The van der Waals surface area contributed by atoms with E-state index in [0.29, 0.717) is 16.8 Å². The fourth-order valence-electron chi connectivity index (χ4n) is 1.83. The standard InChI is InChI=1S/C14H15BrN2O2/c1-9-16-8-11(7-15)14(17-9)10-4-5-12(18-2)13(6-10)19-3/h4-6,8H,7H2,1-3H3. The van der Waals surface area contributed by atoms with Crippen LogP contribution in [0.15, 0.2) is 24.4 Å². The van der Waals surface area contributed by atoms with Crippen molar-refractivity contribution in [2.24, 2.45) is 0 Å². The third-order valence-electron chi connectivity index (χ3n) is 2.79. The van der Waals surface area contributed by atoms with Gasteiger partial charge in [0.15, 0.2) is 11.5 Å². The molecule has 0 saturated carbocycles. The second-order valence-electron chi connectivity index (χ2n) is 3.99. The number of aryl methyl sites for hydroxylation is 1. The quantitative estimate of drug-likeness (QED) is 0.809. The van der Waals surface area contributed by atoms with Gasteiger partial charge in [-0.15, -0.1) is 0 Å². The fraction of sp³-hybridized carbons (Fsp3) is 0.286. The molecule has 5 heteroatoms. The Bertz CT molecular complexity index is 588. The molecule has 0 fully saturated rings. The van der Waals surface area contributed by atoms with Crippen molar-refractivity contribution in [1.82, 2.24) is 9.97 Å². The number of benzene rings is 1. The lowest BCUT2D eigenvalue weighted by Gasteiger charge is -2.11. The second-order valence-corrected chi connectivity index (χ2v) is 4.56. The average molecular weight is 323 g/mol. The molecule has 0 amide bonds. The first-order chi connectivity index (χ1) is 9.19. The monoisotopic (exact) mass is 322 g/mol. The summed E-state index contributed by atoms with van der Waals surface area (Å²) >= 11 is 3.46. The second kappa shape index (κ2) is 6.02. The Morgan fingerprint density at radius 1 is 1.16 bits per heavy atom. The van der Waals surface area contributed by atoms with Gasteiger partial charge in [-0.3, -0.25) is 0 Å². The van der Waals surface area contributed by atoms with E-state index in [2.05, 4.69) is 25.9 Å². The molecule has 0 atom stereocenters.